The fourth-order valence-electron chi connectivity index (χ4n) is 5.03. The second-order valence-corrected chi connectivity index (χ2v) is 14.3. The maximum atomic E-state index is 11.8. The summed E-state index contributed by atoms with van der Waals surface area (Å²) in [6.07, 6.45) is 6.05. The molecule has 2 aromatic rings. The zero-order chi connectivity index (χ0) is 27.3. The number of anilines is 2. The van der Waals surface area contributed by atoms with Crippen LogP contribution in [0, 0.1) is 5.41 Å². The van der Waals surface area contributed by atoms with E-state index in [1.807, 2.05) is 30.3 Å². The molecular formula is C29H43NO5S2. The van der Waals surface area contributed by atoms with Crippen molar-refractivity contribution in [3.63, 3.8) is 0 Å². The molecule has 0 unspecified atom stereocenters. The lowest BCUT2D eigenvalue weighted by molar-refractivity contribution is -0.138. The fraction of sp³-hybridized carbons (Fsp3) is 0.552. The summed E-state index contributed by atoms with van der Waals surface area (Å²) in [5, 5.41) is 9.58. The van der Waals surface area contributed by atoms with Gasteiger partial charge in [-0.25, -0.2) is 0 Å². The third kappa shape index (κ3) is 6.96. The maximum absolute atomic E-state index is 11.8. The first-order valence-corrected chi connectivity index (χ1v) is 15.9. The number of carbonyl (C=O) groups is 1. The number of fused-ring (bicyclic) bond motifs is 1. The largest absolute Gasteiger partial charge is 0.496 e. The average molecular weight is 550 g/mol. The molecule has 8 heteroatoms. The van der Waals surface area contributed by atoms with Crippen LogP contribution in [0.5, 0.6) is 5.75 Å². The molecule has 1 aliphatic rings. The summed E-state index contributed by atoms with van der Waals surface area (Å²) in [6.45, 7) is 8.41. The van der Waals surface area contributed by atoms with Gasteiger partial charge in [0, 0.05) is 40.8 Å². The van der Waals surface area contributed by atoms with E-state index in [4.69, 9.17) is 4.74 Å². The van der Waals surface area contributed by atoms with Crippen molar-refractivity contribution < 1.29 is 23.7 Å². The first-order chi connectivity index (χ1) is 17.5. The van der Waals surface area contributed by atoms with Crippen molar-refractivity contribution in [1.82, 2.24) is 0 Å². The predicted octanol–water partition coefficient (Wildman–Crippen LogP) is 8.42. The van der Waals surface area contributed by atoms with Gasteiger partial charge in [-0.05, 0) is 44.9 Å². The highest BCUT2D eigenvalue weighted by atomic mass is 32.3. The Bertz CT molecular complexity index is 1050. The number of rotatable bonds is 12. The molecule has 0 spiro atoms. The zero-order valence-electron chi connectivity index (χ0n) is 22.8. The van der Waals surface area contributed by atoms with Crippen LogP contribution in [0.4, 0.5) is 11.4 Å². The molecular weight excluding hydrogens is 506 g/mol. The van der Waals surface area contributed by atoms with Crippen LogP contribution in [-0.2, 0) is 10.5 Å². The molecule has 2 aromatic carbocycles. The quantitative estimate of drug-likeness (QED) is 0.245. The minimum Gasteiger partial charge on any atom is -0.496 e. The van der Waals surface area contributed by atoms with E-state index in [1.165, 1.54) is 11.8 Å². The molecule has 0 radical (unpaired) electrons. The minimum absolute atomic E-state index is 0.243. The number of carboxylic acid groups (broad SMARTS) is 1. The number of methoxy groups -OCH3 is 1. The van der Waals surface area contributed by atoms with Gasteiger partial charge in [0.2, 0.25) is 0 Å². The Labute approximate surface area is 228 Å². The molecule has 37 heavy (non-hydrogen) atoms. The minimum atomic E-state index is -3.13. The number of ether oxygens (including phenoxy) is 1. The van der Waals surface area contributed by atoms with Crippen molar-refractivity contribution in [2.45, 2.75) is 81.6 Å². The fourth-order valence-corrected chi connectivity index (χ4v) is 8.12. The van der Waals surface area contributed by atoms with Crippen LogP contribution < -0.4 is 9.64 Å². The Morgan fingerprint density at radius 3 is 2.27 bits per heavy atom. The SMILES string of the molecule is CCCCC1(CCCC)CN(c2ccccc2)c2cc(OC)c(CSC(C)(C)C(=O)O)cc2S(O)(O)C1. The average Bonchev–Trinajstić information content (AvgIpc) is 2.97. The highest BCUT2D eigenvalue weighted by Gasteiger charge is 2.42. The molecule has 0 aromatic heterocycles. The van der Waals surface area contributed by atoms with Crippen LogP contribution in [0.1, 0.15) is 71.8 Å². The van der Waals surface area contributed by atoms with Gasteiger partial charge < -0.3 is 14.7 Å². The highest BCUT2D eigenvalue weighted by molar-refractivity contribution is 8.24. The van der Waals surface area contributed by atoms with Gasteiger partial charge in [0.05, 0.1) is 17.7 Å². The van der Waals surface area contributed by atoms with Crippen molar-refractivity contribution in [2.24, 2.45) is 5.41 Å². The van der Waals surface area contributed by atoms with Gasteiger partial charge in [-0.15, -0.1) is 11.8 Å². The topological polar surface area (TPSA) is 90.2 Å². The van der Waals surface area contributed by atoms with Gasteiger partial charge in [-0.2, -0.15) is 10.6 Å². The number of unbranched alkanes of at least 4 members (excludes halogenated alkanes) is 2. The normalized spacial score (nSPS) is 17.5. The molecule has 0 aliphatic carbocycles. The van der Waals surface area contributed by atoms with Crippen molar-refractivity contribution in [1.29, 1.82) is 0 Å². The lowest BCUT2D eigenvalue weighted by atomic mass is 9.79. The summed E-state index contributed by atoms with van der Waals surface area (Å²) < 4.78 is 28.4. The smallest absolute Gasteiger partial charge is 0.319 e. The number of carboxylic acids is 1. The number of aliphatic carboxylic acids is 1. The third-order valence-electron chi connectivity index (χ3n) is 7.30. The Kier molecular flexibility index (Phi) is 9.89. The van der Waals surface area contributed by atoms with Crippen molar-refractivity contribution in [3.05, 3.63) is 48.0 Å². The molecule has 0 fully saturated rings. The summed E-state index contributed by atoms with van der Waals surface area (Å²) in [5.74, 6) is 0.448. The molecule has 3 N–H and O–H groups in total. The van der Waals surface area contributed by atoms with Crippen LogP contribution in [0.3, 0.4) is 0 Å². The number of nitrogens with zero attached hydrogens (tertiary/aromatic N) is 1. The Morgan fingerprint density at radius 1 is 1.11 bits per heavy atom. The summed E-state index contributed by atoms with van der Waals surface area (Å²) in [7, 11) is -1.52. The van der Waals surface area contributed by atoms with E-state index < -0.39 is 21.3 Å². The number of para-hydroxylation sites is 1. The Morgan fingerprint density at radius 2 is 1.73 bits per heavy atom. The van der Waals surface area contributed by atoms with Crippen LogP contribution in [-0.4, -0.2) is 44.3 Å². The monoisotopic (exact) mass is 549 g/mol. The van der Waals surface area contributed by atoms with E-state index in [9.17, 15) is 19.0 Å². The number of benzene rings is 2. The zero-order valence-corrected chi connectivity index (χ0v) is 24.5. The summed E-state index contributed by atoms with van der Waals surface area (Å²) in [4.78, 5) is 14.4. The van der Waals surface area contributed by atoms with Gasteiger partial charge in [-0.1, -0.05) is 57.7 Å². The molecule has 1 heterocycles. The van der Waals surface area contributed by atoms with Gasteiger partial charge in [0.1, 0.15) is 10.5 Å². The van der Waals surface area contributed by atoms with E-state index in [2.05, 4.69) is 30.9 Å². The van der Waals surface area contributed by atoms with Gasteiger partial charge >= 0.3 is 5.97 Å². The van der Waals surface area contributed by atoms with Crippen molar-refractivity contribution >= 4 is 39.7 Å². The molecule has 6 nitrogen and oxygen atoms in total. The van der Waals surface area contributed by atoms with Crippen molar-refractivity contribution in [2.75, 3.05) is 24.3 Å². The molecule has 0 amide bonds. The van der Waals surface area contributed by atoms with E-state index in [1.54, 1.807) is 21.0 Å². The summed E-state index contributed by atoms with van der Waals surface area (Å²) >= 11 is 1.30. The Balaban J connectivity index is 2.18. The maximum Gasteiger partial charge on any atom is 0.319 e. The Hall–Kier alpha value is -1.87. The standard InChI is InChI=1S/C29H43NO5S2/c1-6-8-15-29(16-9-7-2)20-30(23-13-11-10-12-14-23)24-18-25(35-5)22(17-26(24)37(33,34)21-29)19-36-28(3,4)27(31)32/h10-14,17-18,33-34H,6-9,15-16,19-21H2,1-5H3,(H,31,32). The van der Waals surface area contributed by atoms with Crippen LogP contribution in [0.25, 0.3) is 0 Å². The second-order valence-electron chi connectivity index (χ2n) is 10.7. The van der Waals surface area contributed by atoms with Gasteiger partial charge in [0.25, 0.3) is 0 Å². The lowest BCUT2D eigenvalue weighted by Gasteiger charge is -2.42. The van der Waals surface area contributed by atoms with Gasteiger partial charge in [-0.3, -0.25) is 13.9 Å². The van der Waals surface area contributed by atoms with Gasteiger partial charge in [0.15, 0.2) is 0 Å². The molecule has 206 valence electrons. The van der Waals surface area contributed by atoms with Crippen molar-refractivity contribution in [3.8, 4) is 5.75 Å². The molecule has 0 atom stereocenters. The second kappa shape index (κ2) is 12.3. The predicted molar refractivity (Wildman–Crippen MR) is 157 cm³/mol. The van der Waals surface area contributed by atoms with Crippen LogP contribution in [0.15, 0.2) is 47.4 Å². The van der Waals surface area contributed by atoms with Crippen LogP contribution >= 0.6 is 22.4 Å². The number of hydrogen-bond acceptors (Lipinski definition) is 6. The molecule has 0 bridgehead atoms. The lowest BCUT2D eigenvalue weighted by Crippen LogP contribution is -2.37. The van der Waals surface area contributed by atoms with E-state index in [0.717, 1.165) is 55.5 Å². The van der Waals surface area contributed by atoms with E-state index in [0.29, 0.717) is 28.7 Å². The third-order valence-corrected chi connectivity index (χ3v) is 10.7. The molecule has 0 saturated carbocycles. The number of hydrogen-bond donors (Lipinski definition) is 3. The highest BCUT2D eigenvalue weighted by Crippen LogP contribution is 2.62. The molecule has 1 aliphatic heterocycles. The molecule has 3 rings (SSSR count). The summed E-state index contributed by atoms with van der Waals surface area (Å²) in [5.41, 5.74) is 2.29. The van der Waals surface area contributed by atoms with E-state index in [-0.39, 0.29) is 5.41 Å². The molecule has 0 saturated heterocycles. The first-order valence-electron chi connectivity index (χ1n) is 13.2. The van der Waals surface area contributed by atoms with Crippen LogP contribution in [0.2, 0.25) is 0 Å². The number of thioether (sulfide) groups is 1. The first kappa shape index (κ1) is 29.7. The summed E-state index contributed by atoms with van der Waals surface area (Å²) in [6, 6.07) is 13.9. The van der Waals surface area contributed by atoms with E-state index >= 15 is 0 Å².